The van der Waals surface area contributed by atoms with Gasteiger partial charge in [0.05, 0.1) is 23.7 Å². The molecule has 0 amide bonds. The number of thiazole rings is 1. The lowest BCUT2D eigenvalue weighted by Crippen LogP contribution is -2.05. The lowest BCUT2D eigenvalue weighted by atomic mass is 10.2. The lowest BCUT2D eigenvalue weighted by molar-refractivity contribution is -0.143. The molecule has 6 heteroatoms. The molecule has 4 nitrogen and oxygen atoms in total. The Morgan fingerprint density at radius 2 is 2.37 bits per heavy atom. The summed E-state index contributed by atoms with van der Waals surface area (Å²) in [6.45, 7) is 2.20. The first-order chi connectivity index (χ1) is 9.20. The zero-order valence-electron chi connectivity index (χ0n) is 10.4. The highest BCUT2D eigenvalue weighted by Crippen LogP contribution is 2.28. The van der Waals surface area contributed by atoms with E-state index in [2.05, 4.69) is 9.97 Å². The Bertz CT molecular complexity index is 571. The van der Waals surface area contributed by atoms with Gasteiger partial charge in [-0.15, -0.1) is 11.3 Å². The first kappa shape index (κ1) is 14.0. The largest absolute Gasteiger partial charge is 0.466 e. The van der Waals surface area contributed by atoms with Crippen molar-refractivity contribution < 1.29 is 9.53 Å². The van der Waals surface area contributed by atoms with Gasteiger partial charge < -0.3 is 4.74 Å². The van der Waals surface area contributed by atoms with E-state index in [1.54, 1.807) is 25.3 Å². The Labute approximate surface area is 120 Å². The quantitative estimate of drug-likeness (QED) is 0.794. The van der Waals surface area contributed by atoms with Crippen molar-refractivity contribution in [1.82, 2.24) is 9.97 Å². The van der Waals surface area contributed by atoms with Crippen molar-refractivity contribution in [2.75, 3.05) is 6.61 Å². The second-order valence-corrected chi connectivity index (χ2v) is 5.05. The monoisotopic (exact) mass is 296 g/mol. The molecule has 0 bridgehead atoms. The van der Waals surface area contributed by atoms with Gasteiger partial charge in [-0.2, -0.15) is 0 Å². The molecule has 19 heavy (non-hydrogen) atoms. The zero-order valence-corrected chi connectivity index (χ0v) is 12.0. The van der Waals surface area contributed by atoms with E-state index in [-0.39, 0.29) is 5.97 Å². The summed E-state index contributed by atoms with van der Waals surface area (Å²) in [6.07, 6.45) is 2.59. The number of aryl methyl sites for hydroxylation is 1. The summed E-state index contributed by atoms with van der Waals surface area (Å²) in [5, 5.41) is 3.26. The van der Waals surface area contributed by atoms with Crippen LogP contribution in [-0.2, 0) is 16.0 Å². The topological polar surface area (TPSA) is 52.1 Å². The van der Waals surface area contributed by atoms with E-state index in [0.29, 0.717) is 30.2 Å². The van der Waals surface area contributed by atoms with Crippen LogP contribution in [0.5, 0.6) is 0 Å². The van der Waals surface area contributed by atoms with E-state index in [1.165, 1.54) is 11.3 Å². The van der Waals surface area contributed by atoms with Gasteiger partial charge in [0.15, 0.2) is 0 Å². The first-order valence-corrected chi connectivity index (χ1v) is 7.17. The summed E-state index contributed by atoms with van der Waals surface area (Å²) in [6, 6.07) is 3.56. The van der Waals surface area contributed by atoms with Crippen molar-refractivity contribution in [3.63, 3.8) is 0 Å². The van der Waals surface area contributed by atoms with Crippen molar-refractivity contribution in [2.24, 2.45) is 0 Å². The number of rotatable bonds is 5. The fourth-order valence-electron chi connectivity index (χ4n) is 1.54. The average Bonchev–Trinajstić information content (AvgIpc) is 2.86. The summed E-state index contributed by atoms with van der Waals surface area (Å²) in [5.41, 5.74) is 1.53. The van der Waals surface area contributed by atoms with Gasteiger partial charge in [0.25, 0.3) is 0 Å². The number of esters is 1. The molecule has 0 aliphatic carbocycles. The molecule has 100 valence electrons. The standard InChI is InChI=1S/C13H13ClN2O2S/c1-2-18-11(17)6-5-9-8-19-13(16-9)12-10(14)4-3-7-15-12/h3-4,7-8H,2,5-6H2,1H3. The van der Waals surface area contributed by atoms with Crippen molar-refractivity contribution in [2.45, 2.75) is 19.8 Å². The van der Waals surface area contributed by atoms with Crippen LogP contribution in [0.1, 0.15) is 19.0 Å². The minimum absolute atomic E-state index is 0.201. The molecule has 0 unspecified atom stereocenters. The Hall–Kier alpha value is -1.46. The smallest absolute Gasteiger partial charge is 0.306 e. The van der Waals surface area contributed by atoms with Gasteiger partial charge in [-0.25, -0.2) is 4.98 Å². The molecule has 2 heterocycles. The predicted octanol–water partition coefficient (Wildman–Crippen LogP) is 3.35. The molecule has 0 fully saturated rings. The number of hydrogen-bond donors (Lipinski definition) is 0. The van der Waals surface area contributed by atoms with E-state index in [0.717, 1.165) is 10.7 Å². The summed E-state index contributed by atoms with van der Waals surface area (Å²) >= 11 is 7.54. The van der Waals surface area contributed by atoms with Crippen LogP contribution >= 0.6 is 22.9 Å². The number of aromatic nitrogens is 2. The van der Waals surface area contributed by atoms with Gasteiger partial charge >= 0.3 is 5.97 Å². The third-order valence-corrected chi connectivity index (χ3v) is 3.61. The molecule has 0 aliphatic heterocycles. The Kier molecular flexibility index (Phi) is 4.87. The Morgan fingerprint density at radius 3 is 3.11 bits per heavy atom. The summed E-state index contributed by atoms with van der Waals surface area (Å²) in [7, 11) is 0. The van der Waals surface area contributed by atoms with Crippen molar-refractivity contribution >= 4 is 28.9 Å². The normalized spacial score (nSPS) is 10.4. The second-order valence-electron chi connectivity index (χ2n) is 3.78. The van der Waals surface area contributed by atoms with E-state index in [4.69, 9.17) is 16.3 Å². The van der Waals surface area contributed by atoms with Gasteiger partial charge in [-0.3, -0.25) is 9.78 Å². The number of hydrogen-bond acceptors (Lipinski definition) is 5. The summed E-state index contributed by atoms with van der Waals surface area (Å²) in [4.78, 5) is 19.9. The van der Waals surface area contributed by atoms with Crippen molar-refractivity contribution in [3.8, 4) is 10.7 Å². The molecule has 0 aliphatic rings. The molecule has 0 N–H and O–H groups in total. The van der Waals surface area contributed by atoms with E-state index in [9.17, 15) is 4.79 Å². The number of pyridine rings is 1. The molecule has 0 radical (unpaired) electrons. The zero-order chi connectivity index (χ0) is 13.7. The van der Waals surface area contributed by atoms with Crippen LogP contribution in [0.2, 0.25) is 5.02 Å². The minimum atomic E-state index is -0.201. The van der Waals surface area contributed by atoms with Crippen LogP contribution in [0.4, 0.5) is 0 Å². The van der Waals surface area contributed by atoms with Crippen LogP contribution in [0.15, 0.2) is 23.7 Å². The van der Waals surface area contributed by atoms with Crippen LogP contribution < -0.4 is 0 Å². The second kappa shape index (κ2) is 6.63. The molecule has 0 atom stereocenters. The fraction of sp³-hybridized carbons (Fsp3) is 0.308. The molecule has 0 spiro atoms. The molecular formula is C13H13ClN2O2S. The van der Waals surface area contributed by atoms with E-state index >= 15 is 0 Å². The van der Waals surface area contributed by atoms with E-state index < -0.39 is 0 Å². The highest BCUT2D eigenvalue weighted by molar-refractivity contribution is 7.13. The van der Waals surface area contributed by atoms with Crippen molar-refractivity contribution in [1.29, 1.82) is 0 Å². The van der Waals surface area contributed by atoms with Gasteiger partial charge in [-0.05, 0) is 19.1 Å². The van der Waals surface area contributed by atoms with Crippen LogP contribution in [0, 0.1) is 0 Å². The number of ether oxygens (including phenoxy) is 1. The minimum Gasteiger partial charge on any atom is -0.466 e. The molecule has 2 aromatic heterocycles. The number of carbonyl (C=O) groups is 1. The van der Waals surface area contributed by atoms with Crippen LogP contribution in [0.3, 0.4) is 0 Å². The predicted molar refractivity (Wildman–Crippen MR) is 75.3 cm³/mol. The molecule has 2 aromatic rings. The van der Waals surface area contributed by atoms with Crippen molar-refractivity contribution in [3.05, 3.63) is 34.4 Å². The average molecular weight is 297 g/mol. The number of nitrogens with zero attached hydrogens (tertiary/aromatic N) is 2. The highest BCUT2D eigenvalue weighted by atomic mass is 35.5. The fourth-order valence-corrected chi connectivity index (χ4v) is 2.67. The number of carbonyl (C=O) groups excluding carboxylic acids is 1. The third-order valence-electron chi connectivity index (χ3n) is 2.40. The maximum absolute atomic E-state index is 11.3. The van der Waals surface area contributed by atoms with Crippen LogP contribution in [-0.4, -0.2) is 22.5 Å². The Morgan fingerprint density at radius 1 is 1.53 bits per heavy atom. The van der Waals surface area contributed by atoms with Gasteiger partial charge in [0.2, 0.25) is 0 Å². The van der Waals surface area contributed by atoms with Gasteiger partial charge in [-0.1, -0.05) is 11.6 Å². The summed E-state index contributed by atoms with van der Waals surface area (Å²) in [5.74, 6) is -0.201. The Balaban J connectivity index is 2.04. The first-order valence-electron chi connectivity index (χ1n) is 5.91. The molecule has 0 aromatic carbocycles. The molecular weight excluding hydrogens is 284 g/mol. The van der Waals surface area contributed by atoms with E-state index in [1.807, 2.05) is 5.38 Å². The molecule has 0 saturated carbocycles. The number of halogens is 1. The van der Waals surface area contributed by atoms with Gasteiger partial charge in [0.1, 0.15) is 10.7 Å². The lowest BCUT2D eigenvalue weighted by Gasteiger charge is -1.99. The van der Waals surface area contributed by atoms with Gasteiger partial charge in [0, 0.05) is 18.0 Å². The van der Waals surface area contributed by atoms with Crippen LogP contribution in [0.25, 0.3) is 10.7 Å². The SMILES string of the molecule is CCOC(=O)CCc1csc(-c2ncccc2Cl)n1. The third kappa shape index (κ3) is 3.75. The molecule has 0 saturated heterocycles. The summed E-state index contributed by atoms with van der Waals surface area (Å²) < 4.78 is 4.88. The maximum Gasteiger partial charge on any atom is 0.306 e. The maximum atomic E-state index is 11.3. The highest BCUT2D eigenvalue weighted by Gasteiger charge is 2.10. The molecule has 2 rings (SSSR count).